The Morgan fingerprint density at radius 1 is 0.808 bits per heavy atom. The van der Waals surface area contributed by atoms with Gasteiger partial charge in [-0.05, 0) is 42.9 Å². The minimum absolute atomic E-state index is 0.00647. The average Bonchev–Trinajstić information content (AvgIpc) is 3.12. The Bertz CT molecular complexity index is 1590. The van der Waals surface area contributed by atoms with Crippen molar-refractivity contribution in [2.24, 2.45) is 5.92 Å². The monoisotopic (exact) mass is 719 g/mol. The third kappa shape index (κ3) is 11.9. The fourth-order valence-corrected chi connectivity index (χ4v) is 5.69. The molecule has 52 heavy (non-hydrogen) atoms. The maximum Gasteiger partial charge on any atom is 0.408 e. The molecule has 7 atom stereocenters. The fraction of sp³-hybridized carbons (Fsp3) is 0.436. The van der Waals surface area contributed by atoms with Gasteiger partial charge in [0, 0.05) is 0 Å². The van der Waals surface area contributed by atoms with E-state index in [1.807, 2.05) is 69.3 Å². The van der Waals surface area contributed by atoms with Gasteiger partial charge in [-0.3, -0.25) is 14.4 Å². The molecule has 0 unspecified atom stereocenters. The number of ether oxygens (including phenoxy) is 4. The first kappa shape index (κ1) is 40.0. The largest absolute Gasteiger partial charge is 0.466 e. The van der Waals surface area contributed by atoms with Crippen LogP contribution in [0.1, 0.15) is 61.9 Å². The second-order valence-electron chi connectivity index (χ2n) is 13.1. The molecule has 0 radical (unpaired) electrons. The van der Waals surface area contributed by atoms with E-state index in [0.29, 0.717) is 5.56 Å². The maximum atomic E-state index is 13.7. The molecule has 280 valence electrons. The molecule has 0 aliphatic carbocycles. The van der Waals surface area contributed by atoms with Crippen LogP contribution in [0.4, 0.5) is 4.79 Å². The van der Waals surface area contributed by atoms with Gasteiger partial charge in [-0.1, -0.05) is 104 Å². The number of aliphatic hydroxyl groups excluding tert-OH is 2. The van der Waals surface area contributed by atoms with E-state index in [1.165, 1.54) is 0 Å². The number of amides is 3. The van der Waals surface area contributed by atoms with Gasteiger partial charge in [0.05, 0.1) is 25.7 Å². The van der Waals surface area contributed by atoms with Crippen molar-refractivity contribution in [3.05, 3.63) is 107 Å². The molecular formula is C39H49N3O10. The third-order valence-corrected chi connectivity index (χ3v) is 8.43. The lowest BCUT2D eigenvalue weighted by molar-refractivity contribution is -0.263. The Hall–Kier alpha value is -4.82. The van der Waals surface area contributed by atoms with Crippen molar-refractivity contribution in [2.45, 2.75) is 96.5 Å². The van der Waals surface area contributed by atoms with Crippen LogP contribution in [0.15, 0.2) is 84.9 Å². The standard InChI is InChI=1S/C39H49N3O10/c1-5-49-31(43)21-29(28-18-16-25(4)17-19-28)40-37(47)35-34(45)33(44)32(38(52-35)50-22-26-12-8-6-9-13-26)42-36(46)30(20-24(2)3)41-39(48)51-23-27-14-10-7-11-15-27/h6-19,24,29-30,32-35,38,44-45H,5,20-23H2,1-4H3,(H,40,47)(H,41,48)(H,42,46)/t29-,30-,32+,33+,34+,35-,38-/m0/s1. The molecular weight excluding hydrogens is 670 g/mol. The van der Waals surface area contributed by atoms with Crippen LogP contribution >= 0.6 is 0 Å². The Morgan fingerprint density at radius 3 is 2.02 bits per heavy atom. The van der Waals surface area contributed by atoms with E-state index in [1.54, 1.807) is 43.3 Å². The number of aliphatic hydroxyl groups is 2. The van der Waals surface area contributed by atoms with Crippen LogP contribution in [0.3, 0.4) is 0 Å². The normalized spacial score (nSPS) is 21.0. The molecule has 1 aliphatic heterocycles. The molecule has 0 spiro atoms. The van der Waals surface area contributed by atoms with E-state index >= 15 is 0 Å². The van der Waals surface area contributed by atoms with Crippen molar-refractivity contribution >= 4 is 23.9 Å². The van der Waals surface area contributed by atoms with Gasteiger partial charge in [0.1, 0.15) is 30.9 Å². The average molecular weight is 720 g/mol. The molecule has 3 aromatic rings. The Morgan fingerprint density at radius 2 is 1.42 bits per heavy atom. The molecule has 13 heteroatoms. The molecule has 0 bridgehead atoms. The van der Waals surface area contributed by atoms with E-state index in [0.717, 1.165) is 16.7 Å². The summed E-state index contributed by atoms with van der Waals surface area (Å²) in [4.78, 5) is 52.7. The fourth-order valence-electron chi connectivity index (χ4n) is 5.69. The van der Waals surface area contributed by atoms with Crippen LogP contribution < -0.4 is 16.0 Å². The van der Waals surface area contributed by atoms with Gasteiger partial charge >= 0.3 is 12.1 Å². The van der Waals surface area contributed by atoms with Crippen LogP contribution in [-0.2, 0) is 46.5 Å². The number of esters is 1. The minimum Gasteiger partial charge on any atom is -0.466 e. The SMILES string of the molecule is CCOC(=O)C[C@H](NC(=O)[C@H]1O[C@H](OCc2ccccc2)[C@H](NC(=O)[C@H](CC(C)C)NC(=O)OCc2ccccc2)[C@@H](O)[C@H]1O)c1ccc(C)cc1. The lowest BCUT2D eigenvalue weighted by Gasteiger charge is -2.42. The first-order valence-corrected chi connectivity index (χ1v) is 17.4. The van der Waals surface area contributed by atoms with Crippen LogP contribution in [0.2, 0.25) is 0 Å². The first-order valence-electron chi connectivity index (χ1n) is 17.4. The highest BCUT2D eigenvalue weighted by Gasteiger charge is 2.49. The Balaban J connectivity index is 1.52. The van der Waals surface area contributed by atoms with Gasteiger partial charge in [0.25, 0.3) is 5.91 Å². The topological polar surface area (TPSA) is 182 Å². The number of carbonyl (C=O) groups excluding carboxylic acids is 4. The van der Waals surface area contributed by atoms with E-state index in [-0.39, 0.29) is 38.6 Å². The molecule has 1 saturated heterocycles. The first-order chi connectivity index (χ1) is 24.9. The van der Waals surface area contributed by atoms with Gasteiger partial charge in [-0.2, -0.15) is 0 Å². The van der Waals surface area contributed by atoms with Gasteiger partial charge in [0.15, 0.2) is 12.4 Å². The van der Waals surface area contributed by atoms with Crippen molar-refractivity contribution in [2.75, 3.05) is 6.61 Å². The summed E-state index contributed by atoms with van der Waals surface area (Å²) in [5, 5.41) is 30.7. The highest BCUT2D eigenvalue weighted by Crippen LogP contribution is 2.26. The zero-order chi connectivity index (χ0) is 37.6. The van der Waals surface area contributed by atoms with Crippen molar-refractivity contribution in [1.29, 1.82) is 0 Å². The summed E-state index contributed by atoms with van der Waals surface area (Å²) in [6, 6.07) is 22.0. The number of nitrogens with one attached hydrogen (secondary N) is 3. The molecule has 0 aromatic heterocycles. The summed E-state index contributed by atoms with van der Waals surface area (Å²) < 4.78 is 22.5. The van der Waals surface area contributed by atoms with E-state index in [9.17, 15) is 29.4 Å². The summed E-state index contributed by atoms with van der Waals surface area (Å²) >= 11 is 0. The summed E-state index contributed by atoms with van der Waals surface area (Å²) in [6.45, 7) is 7.45. The zero-order valence-electron chi connectivity index (χ0n) is 29.9. The quantitative estimate of drug-likeness (QED) is 0.137. The van der Waals surface area contributed by atoms with E-state index in [2.05, 4.69) is 16.0 Å². The number of hydrogen-bond donors (Lipinski definition) is 5. The highest BCUT2D eigenvalue weighted by atomic mass is 16.7. The molecule has 3 amide bonds. The van der Waals surface area contributed by atoms with Crippen LogP contribution in [0, 0.1) is 12.8 Å². The minimum atomic E-state index is -1.82. The third-order valence-electron chi connectivity index (χ3n) is 8.43. The molecule has 0 saturated carbocycles. The lowest BCUT2D eigenvalue weighted by Crippen LogP contribution is -2.67. The van der Waals surface area contributed by atoms with E-state index in [4.69, 9.17) is 18.9 Å². The summed E-state index contributed by atoms with van der Waals surface area (Å²) in [7, 11) is 0. The number of carbonyl (C=O) groups is 4. The number of hydrogen-bond acceptors (Lipinski definition) is 10. The van der Waals surface area contributed by atoms with Crippen LogP contribution in [0.5, 0.6) is 0 Å². The molecule has 5 N–H and O–H groups in total. The highest BCUT2D eigenvalue weighted by molar-refractivity contribution is 5.86. The molecule has 4 rings (SSSR count). The number of benzene rings is 3. The zero-order valence-corrected chi connectivity index (χ0v) is 29.9. The molecule has 13 nitrogen and oxygen atoms in total. The molecule has 1 aliphatic rings. The predicted octanol–water partition coefficient (Wildman–Crippen LogP) is 3.59. The van der Waals surface area contributed by atoms with Crippen LogP contribution in [0.25, 0.3) is 0 Å². The molecule has 3 aromatic carbocycles. The number of aryl methyl sites for hydroxylation is 1. The number of alkyl carbamates (subject to hydrolysis) is 1. The Kier molecular flexibility index (Phi) is 15.1. The van der Waals surface area contributed by atoms with Gasteiger partial charge in [-0.25, -0.2) is 4.79 Å². The summed E-state index contributed by atoms with van der Waals surface area (Å²) in [6.07, 6.45) is -7.44. The van der Waals surface area contributed by atoms with E-state index < -0.39 is 66.6 Å². The maximum absolute atomic E-state index is 13.7. The summed E-state index contributed by atoms with van der Waals surface area (Å²) in [5.74, 6) is -2.08. The Labute approximate surface area is 304 Å². The van der Waals surface area contributed by atoms with Crippen molar-refractivity contribution in [1.82, 2.24) is 16.0 Å². The van der Waals surface area contributed by atoms with Crippen LogP contribution in [-0.4, -0.2) is 77.4 Å². The molecule has 1 heterocycles. The van der Waals surface area contributed by atoms with Crippen molar-refractivity contribution in [3.63, 3.8) is 0 Å². The van der Waals surface area contributed by atoms with Gasteiger partial charge in [-0.15, -0.1) is 0 Å². The smallest absolute Gasteiger partial charge is 0.408 e. The van der Waals surface area contributed by atoms with Gasteiger partial charge < -0.3 is 45.1 Å². The van der Waals surface area contributed by atoms with Crippen molar-refractivity contribution in [3.8, 4) is 0 Å². The second kappa shape index (κ2) is 19.7. The lowest BCUT2D eigenvalue weighted by atomic mass is 9.94. The number of rotatable bonds is 16. The predicted molar refractivity (Wildman–Crippen MR) is 190 cm³/mol. The van der Waals surface area contributed by atoms with Crippen molar-refractivity contribution < 1.29 is 48.3 Å². The molecule has 1 fully saturated rings. The summed E-state index contributed by atoms with van der Waals surface area (Å²) in [5.41, 5.74) is 3.10. The second-order valence-corrected chi connectivity index (χ2v) is 13.1. The van der Waals surface area contributed by atoms with Gasteiger partial charge in [0.2, 0.25) is 5.91 Å².